The van der Waals surface area contributed by atoms with E-state index in [1.807, 2.05) is 6.07 Å². The van der Waals surface area contributed by atoms with Crippen LogP contribution in [0.2, 0.25) is 0 Å². The standard InChI is InChI=1S/C25H23N3O7S/c1-4-34-18-13-17(28(32)33)11-16(22(18)29)12-19-23(30)27-21(15-9-7-6-8-10-15)20(24(31)35-5-2)14(3)26-25(27)36-19/h6-13,21,29H,4-5H2,1-3H3/t21-/m1/s1. The van der Waals surface area contributed by atoms with Gasteiger partial charge in [-0.2, -0.15) is 0 Å². The highest BCUT2D eigenvalue weighted by atomic mass is 32.1. The normalized spacial score (nSPS) is 15.3. The van der Waals surface area contributed by atoms with Gasteiger partial charge in [-0.3, -0.25) is 19.5 Å². The van der Waals surface area contributed by atoms with E-state index < -0.39 is 22.5 Å². The van der Waals surface area contributed by atoms with Crippen LogP contribution in [0.1, 0.15) is 37.9 Å². The third-order valence-electron chi connectivity index (χ3n) is 5.52. The third-order valence-corrected chi connectivity index (χ3v) is 6.50. The molecule has 0 saturated carbocycles. The smallest absolute Gasteiger partial charge is 0.338 e. The van der Waals surface area contributed by atoms with Crippen LogP contribution in [0.4, 0.5) is 5.69 Å². The second-order valence-corrected chi connectivity index (χ2v) is 8.79. The minimum absolute atomic E-state index is 0.0514. The number of thiazole rings is 1. The monoisotopic (exact) mass is 509 g/mol. The summed E-state index contributed by atoms with van der Waals surface area (Å²) in [6.07, 6.45) is 1.36. The molecule has 0 fully saturated rings. The number of fused-ring (bicyclic) bond motifs is 1. The molecule has 186 valence electrons. The number of hydrogen-bond donors (Lipinski definition) is 1. The minimum atomic E-state index is -0.777. The molecule has 0 saturated heterocycles. The summed E-state index contributed by atoms with van der Waals surface area (Å²) in [5.41, 5.74) is 0.657. The molecule has 2 heterocycles. The fourth-order valence-corrected chi connectivity index (χ4v) is 5.02. The zero-order chi connectivity index (χ0) is 26.0. The van der Waals surface area contributed by atoms with E-state index in [9.17, 15) is 24.8 Å². The predicted molar refractivity (Wildman–Crippen MR) is 133 cm³/mol. The summed E-state index contributed by atoms with van der Waals surface area (Å²) in [5, 5.41) is 22.1. The van der Waals surface area contributed by atoms with Gasteiger partial charge >= 0.3 is 5.97 Å². The third kappa shape index (κ3) is 4.52. The average molecular weight is 510 g/mol. The van der Waals surface area contributed by atoms with Crippen molar-refractivity contribution in [1.82, 2.24) is 4.57 Å². The van der Waals surface area contributed by atoms with Crippen LogP contribution < -0.4 is 19.6 Å². The Morgan fingerprint density at radius 1 is 1.25 bits per heavy atom. The summed E-state index contributed by atoms with van der Waals surface area (Å²) < 4.78 is 12.2. The van der Waals surface area contributed by atoms with Crippen molar-refractivity contribution in [2.45, 2.75) is 26.8 Å². The van der Waals surface area contributed by atoms with Crippen LogP contribution in [0, 0.1) is 10.1 Å². The van der Waals surface area contributed by atoms with Gasteiger partial charge < -0.3 is 14.6 Å². The maximum absolute atomic E-state index is 13.6. The van der Waals surface area contributed by atoms with Crippen molar-refractivity contribution in [3.63, 3.8) is 0 Å². The number of esters is 1. The maximum Gasteiger partial charge on any atom is 0.338 e. The van der Waals surface area contributed by atoms with Gasteiger partial charge in [-0.1, -0.05) is 41.7 Å². The molecule has 11 heteroatoms. The van der Waals surface area contributed by atoms with Crippen LogP contribution in [0.15, 0.2) is 63.5 Å². The van der Waals surface area contributed by atoms with E-state index in [1.165, 1.54) is 16.7 Å². The van der Waals surface area contributed by atoms with Gasteiger partial charge in [0, 0.05) is 11.6 Å². The number of nitro benzene ring substituents is 1. The molecule has 0 spiro atoms. The minimum Gasteiger partial charge on any atom is -0.504 e. The molecule has 36 heavy (non-hydrogen) atoms. The average Bonchev–Trinajstić information content (AvgIpc) is 3.15. The first-order valence-corrected chi connectivity index (χ1v) is 12.0. The van der Waals surface area contributed by atoms with Gasteiger partial charge in [0.15, 0.2) is 16.3 Å². The molecule has 0 radical (unpaired) electrons. The quantitative estimate of drug-likeness (QED) is 0.294. The Kier molecular flexibility index (Phi) is 7.02. The number of nitrogens with zero attached hydrogens (tertiary/aromatic N) is 3. The molecule has 3 aromatic rings. The first-order chi connectivity index (χ1) is 17.3. The van der Waals surface area contributed by atoms with Crippen molar-refractivity contribution in [2.24, 2.45) is 4.99 Å². The van der Waals surface area contributed by atoms with Crippen molar-refractivity contribution < 1.29 is 24.3 Å². The highest BCUT2D eigenvalue weighted by Crippen LogP contribution is 2.35. The Balaban J connectivity index is 1.97. The summed E-state index contributed by atoms with van der Waals surface area (Å²) in [7, 11) is 0. The lowest BCUT2D eigenvalue weighted by atomic mass is 9.96. The van der Waals surface area contributed by atoms with Gasteiger partial charge in [0.2, 0.25) is 0 Å². The fraction of sp³-hybridized carbons (Fsp3) is 0.240. The predicted octanol–water partition coefficient (Wildman–Crippen LogP) is 2.81. The van der Waals surface area contributed by atoms with Crippen LogP contribution in [0.25, 0.3) is 6.08 Å². The van der Waals surface area contributed by atoms with Crippen LogP contribution in [-0.4, -0.2) is 33.8 Å². The van der Waals surface area contributed by atoms with Gasteiger partial charge in [-0.25, -0.2) is 9.79 Å². The number of phenols is 1. The number of aromatic nitrogens is 1. The van der Waals surface area contributed by atoms with Crippen molar-refractivity contribution in [1.29, 1.82) is 0 Å². The zero-order valence-corrected chi connectivity index (χ0v) is 20.6. The van der Waals surface area contributed by atoms with Crippen molar-refractivity contribution in [3.05, 3.63) is 94.7 Å². The Morgan fingerprint density at radius 3 is 2.61 bits per heavy atom. The summed E-state index contributed by atoms with van der Waals surface area (Å²) in [6, 6.07) is 10.6. The number of benzene rings is 2. The summed E-state index contributed by atoms with van der Waals surface area (Å²) in [5.74, 6) is -0.954. The van der Waals surface area contributed by atoms with Crippen LogP contribution in [0.5, 0.6) is 11.5 Å². The highest BCUT2D eigenvalue weighted by Gasteiger charge is 2.33. The second kappa shape index (κ2) is 10.2. The number of carbonyl (C=O) groups excluding carboxylic acids is 1. The first-order valence-electron chi connectivity index (χ1n) is 11.2. The number of nitro groups is 1. The number of ether oxygens (including phenoxy) is 2. The molecule has 4 rings (SSSR count). The Labute approximate surface area is 209 Å². The lowest BCUT2D eigenvalue weighted by Gasteiger charge is -2.24. The first kappa shape index (κ1) is 24.9. The molecule has 1 N–H and O–H groups in total. The van der Waals surface area contributed by atoms with Crippen LogP contribution in [0.3, 0.4) is 0 Å². The summed E-state index contributed by atoms with van der Waals surface area (Å²) >= 11 is 1.05. The number of allylic oxidation sites excluding steroid dienone is 1. The van der Waals surface area contributed by atoms with E-state index in [2.05, 4.69) is 4.99 Å². The maximum atomic E-state index is 13.6. The Bertz CT molecular complexity index is 1550. The molecule has 1 aliphatic heterocycles. The molecule has 1 atom stereocenters. The van der Waals surface area contributed by atoms with Crippen LogP contribution in [-0.2, 0) is 9.53 Å². The van der Waals surface area contributed by atoms with E-state index in [4.69, 9.17) is 9.47 Å². The van der Waals surface area contributed by atoms with Gasteiger partial charge in [0.1, 0.15) is 0 Å². The molecule has 0 aliphatic carbocycles. The van der Waals surface area contributed by atoms with Crippen molar-refractivity contribution in [3.8, 4) is 11.5 Å². The Hall–Kier alpha value is -4.25. The van der Waals surface area contributed by atoms with E-state index >= 15 is 0 Å². The van der Waals surface area contributed by atoms with Crippen molar-refractivity contribution in [2.75, 3.05) is 13.2 Å². The number of non-ortho nitro benzene ring substituents is 1. The largest absolute Gasteiger partial charge is 0.504 e. The molecule has 0 unspecified atom stereocenters. The molecule has 1 aromatic heterocycles. The fourth-order valence-electron chi connectivity index (χ4n) is 3.98. The molecule has 2 aromatic carbocycles. The highest BCUT2D eigenvalue weighted by molar-refractivity contribution is 7.07. The lowest BCUT2D eigenvalue weighted by molar-refractivity contribution is -0.385. The summed E-state index contributed by atoms with van der Waals surface area (Å²) in [6.45, 7) is 5.41. The van der Waals surface area contributed by atoms with Gasteiger partial charge in [-0.15, -0.1) is 0 Å². The number of aromatic hydroxyl groups is 1. The number of rotatable bonds is 7. The molecule has 10 nitrogen and oxygen atoms in total. The topological polar surface area (TPSA) is 133 Å². The molecule has 1 aliphatic rings. The van der Waals surface area contributed by atoms with Crippen LogP contribution >= 0.6 is 11.3 Å². The molecule has 0 bridgehead atoms. The van der Waals surface area contributed by atoms with Gasteiger partial charge in [0.05, 0.1) is 46.0 Å². The second-order valence-electron chi connectivity index (χ2n) is 7.78. The van der Waals surface area contributed by atoms with E-state index in [0.29, 0.717) is 16.1 Å². The lowest BCUT2D eigenvalue weighted by Crippen LogP contribution is -2.39. The van der Waals surface area contributed by atoms with Gasteiger partial charge in [-0.05, 0) is 32.4 Å². The van der Waals surface area contributed by atoms with E-state index in [-0.39, 0.29) is 46.1 Å². The number of hydrogen-bond acceptors (Lipinski definition) is 9. The SMILES string of the molecule is CCOC(=O)C1=C(C)N=c2sc(=Cc3cc([N+](=O)[O-])cc(OCC)c3O)c(=O)n2[C@@H]1c1ccccc1. The molecular formula is C25H23N3O7S. The molecular weight excluding hydrogens is 486 g/mol. The van der Waals surface area contributed by atoms with Gasteiger partial charge in [0.25, 0.3) is 11.2 Å². The van der Waals surface area contributed by atoms with Crippen molar-refractivity contribution >= 4 is 29.1 Å². The number of carbonyl (C=O) groups is 1. The van der Waals surface area contributed by atoms with E-state index in [0.717, 1.165) is 17.4 Å². The van der Waals surface area contributed by atoms with E-state index in [1.54, 1.807) is 45.0 Å². The zero-order valence-electron chi connectivity index (χ0n) is 19.8. The Morgan fingerprint density at radius 2 is 1.97 bits per heavy atom. The summed E-state index contributed by atoms with van der Waals surface area (Å²) in [4.78, 5) is 42.2. The molecule has 0 amide bonds. The number of phenolic OH excluding ortho intramolecular Hbond substituents is 1.